The summed E-state index contributed by atoms with van der Waals surface area (Å²) in [5.41, 5.74) is 8.98. The number of ether oxygens (including phenoxy) is 5. The van der Waals surface area contributed by atoms with E-state index in [2.05, 4.69) is 16.3 Å². The largest absolute Gasteiger partial charge is 0.493 e. The number of methoxy groups -OCH3 is 3. The molecule has 0 bridgehead atoms. The first-order valence-corrected chi connectivity index (χ1v) is 10.3. The van der Waals surface area contributed by atoms with Crippen molar-refractivity contribution in [2.24, 2.45) is 5.73 Å². The van der Waals surface area contributed by atoms with Gasteiger partial charge >= 0.3 is 0 Å². The van der Waals surface area contributed by atoms with Crippen molar-refractivity contribution in [2.45, 2.75) is 19.1 Å². The fourth-order valence-electron chi connectivity index (χ4n) is 3.84. The standard InChI is InChI=1S/C24H23FN4O5/c1-30-12-17-21-20(16(10-26)23(27)34-24(21)29-28-17)14-8-18(31-2)22(19(9-14)32-3)33-11-13-4-6-15(25)7-5-13/h4-9,20H,11-12,27H2,1-3H3,(H,28,29). The van der Waals surface area contributed by atoms with Crippen LogP contribution in [0.5, 0.6) is 23.1 Å². The summed E-state index contributed by atoms with van der Waals surface area (Å²) in [7, 11) is 4.56. The molecule has 2 heterocycles. The predicted octanol–water partition coefficient (Wildman–Crippen LogP) is 3.51. The van der Waals surface area contributed by atoms with Crippen LogP contribution in [0.2, 0.25) is 0 Å². The van der Waals surface area contributed by atoms with Gasteiger partial charge in [0.1, 0.15) is 24.1 Å². The van der Waals surface area contributed by atoms with Gasteiger partial charge in [0.2, 0.25) is 17.5 Å². The third-order valence-electron chi connectivity index (χ3n) is 5.42. The van der Waals surface area contributed by atoms with Crippen molar-refractivity contribution in [2.75, 3.05) is 21.3 Å². The summed E-state index contributed by atoms with van der Waals surface area (Å²) in [5, 5.41) is 16.9. The fraction of sp³-hybridized carbons (Fsp3) is 0.250. The van der Waals surface area contributed by atoms with Crippen molar-refractivity contribution in [3.63, 3.8) is 0 Å². The molecule has 0 fully saturated rings. The van der Waals surface area contributed by atoms with Crippen molar-refractivity contribution in [1.82, 2.24) is 10.2 Å². The second kappa shape index (κ2) is 9.72. The van der Waals surface area contributed by atoms with Gasteiger partial charge in [-0.25, -0.2) is 4.39 Å². The number of halogens is 1. The summed E-state index contributed by atoms with van der Waals surface area (Å²) in [6, 6.07) is 11.6. The molecule has 2 aromatic carbocycles. The number of fused-ring (bicyclic) bond motifs is 1. The molecule has 1 unspecified atom stereocenters. The summed E-state index contributed by atoms with van der Waals surface area (Å²) in [5.74, 6) is 0.436. The first-order valence-electron chi connectivity index (χ1n) is 10.3. The zero-order valence-electron chi connectivity index (χ0n) is 18.8. The van der Waals surface area contributed by atoms with E-state index >= 15 is 0 Å². The Morgan fingerprint density at radius 1 is 1.12 bits per heavy atom. The lowest BCUT2D eigenvalue weighted by Gasteiger charge is -2.25. The molecule has 176 valence electrons. The molecular weight excluding hydrogens is 443 g/mol. The molecule has 4 rings (SSSR count). The van der Waals surface area contributed by atoms with E-state index < -0.39 is 5.92 Å². The number of aromatic nitrogens is 2. The Morgan fingerprint density at radius 3 is 2.38 bits per heavy atom. The van der Waals surface area contributed by atoms with Gasteiger partial charge in [0.05, 0.1) is 38.0 Å². The highest BCUT2D eigenvalue weighted by Crippen LogP contribution is 2.47. The molecule has 9 nitrogen and oxygen atoms in total. The maximum absolute atomic E-state index is 13.2. The normalized spacial score (nSPS) is 14.7. The molecule has 1 atom stereocenters. The first kappa shape index (κ1) is 22.9. The first-order chi connectivity index (χ1) is 16.5. The number of nitrogens with one attached hydrogen (secondary N) is 1. The zero-order chi connectivity index (χ0) is 24.2. The Balaban J connectivity index is 1.78. The van der Waals surface area contributed by atoms with Gasteiger partial charge in [-0.15, -0.1) is 5.10 Å². The molecular formula is C24H23FN4O5. The van der Waals surface area contributed by atoms with Crippen LogP contribution in [0.1, 0.15) is 28.3 Å². The average molecular weight is 466 g/mol. The van der Waals surface area contributed by atoms with E-state index in [0.717, 1.165) is 5.56 Å². The third-order valence-corrected chi connectivity index (χ3v) is 5.42. The number of aromatic amines is 1. The molecule has 0 saturated carbocycles. The summed E-state index contributed by atoms with van der Waals surface area (Å²) in [6.07, 6.45) is 0. The van der Waals surface area contributed by atoms with Crippen LogP contribution in [0.15, 0.2) is 47.9 Å². The minimum absolute atomic E-state index is 0.0370. The highest BCUT2D eigenvalue weighted by molar-refractivity contribution is 5.61. The van der Waals surface area contributed by atoms with Gasteiger partial charge in [0, 0.05) is 7.11 Å². The minimum atomic E-state index is -0.605. The van der Waals surface area contributed by atoms with E-state index in [1.165, 1.54) is 26.4 Å². The Hall–Kier alpha value is -4.23. The van der Waals surface area contributed by atoms with Crippen molar-refractivity contribution >= 4 is 0 Å². The summed E-state index contributed by atoms with van der Waals surface area (Å²) >= 11 is 0. The van der Waals surface area contributed by atoms with E-state index in [4.69, 9.17) is 29.4 Å². The minimum Gasteiger partial charge on any atom is -0.493 e. The van der Waals surface area contributed by atoms with E-state index in [1.54, 1.807) is 31.4 Å². The third kappa shape index (κ3) is 4.21. The molecule has 0 saturated heterocycles. The van der Waals surface area contributed by atoms with Crippen LogP contribution >= 0.6 is 0 Å². The Labute approximate surface area is 195 Å². The zero-order valence-corrected chi connectivity index (χ0v) is 18.8. The molecule has 0 spiro atoms. The molecule has 0 radical (unpaired) electrons. The smallest absolute Gasteiger partial charge is 0.244 e. The summed E-state index contributed by atoms with van der Waals surface area (Å²) in [6.45, 7) is 0.401. The second-order valence-electron chi connectivity index (χ2n) is 7.45. The van der Waals surface area contributed by atoms with Gasteiger partial charge in [0.25, 0.3) is 0 Å². The van der Waals surface area contributed by atoms with Crippen molar-refractivity contribution in [3.8, 4) is 29.2 Å². The van der Waals surface area contributed by atoms with Crippen LogP contribution in [0, 0.1) is 17.1 Å². The van der Waals surface area contributed by atoms with Gasteiger partial charge < -0.3 is 29.4 Å². The Morgan fingerprint density at radius 2 is 1.79 bits per heavy atom. The molecule has 0 amide bonds. The highest BCUT2D eigenvalue weighted by Gasteiger charge is 2.36. The molecule has 1 aliphatic rings. The van der Waals surface area contributed by atoms with Crippen LogP contribution in [-0.2, 0) is 18.0 Å². The van der Waals surface area contributed by atoms with Crippen LogP contribution in [0.3, 0.4) is 0 Å². The van der Waals surface area contributed by atoms with Crippen molar-refractivity contribution in [1.29, 1.82) is 5.26 Å². The molecule has 0 aliphatic carbocycles. The van der Waals surface area contributed by atoms with Gasteiger partial charge in [-0.1, -0.05) is 12.1 Å². The summed E-state index contributed by atoms with van der Waals surface area (Å²) in [4.78, 5) is 0. The number of nitrogens with two attached hydrogens (primary N) is 1. The van der Waals surface area contributed by atoms with E-state index in [1.807, 2.05) is 0 Å². The van der Waals surface area contributed by atoms with Gasteiger partial charge in [-0.3, -0.25) is 5.10 Å². The number of hydrogen-bond donors (Lipinski definition) is 2. The molecule has 34 heavy (non-hydrogen) atoms. The van der Waals surface area contributed by atoms with Gasteiger partial charge in [-0.05, 0) is 35.4 Å². The number of H-pyrrole nitrogens is 1. The fourth-order valence-corrected chi connectivity index (χ4v) is 3.84. The lowest BCUT2D eigenvalue weighted by Crippen LogP contribution is -2.21. The topological polar surface area (TPSA) is 125 Å². The van der Waals surface area contributed by atoms with Crippen LogP contribution in [0.25, 0.3) is 0 Å². The van der Waals surface area contributed by atoms with E-state index in [-0.39, 0.29) is 36.4 Å². The van der Waals surface area contributed by atoms with Crippen molar-refractivity contribution in [3.05, 3.63) is 76.1 Å². The Kier molecular flexibility index (Phi) is 6.56. The monoisotopic (exact) mass is 466 g/mol. The highest BCUT2D eigenvalue weighted by atomic mass is 19.1. The number of nitriles is 1. The molecule has 3 N–H and O–H groups in total. The molecule has 10 heteroatoms. The maximum atomic E-state index is 13.2. The number of nitrogens with zero attached hydrogens (tertiary/aromatic N) is 2. The second-order valence-corrected chi connectivity index (χ2v) is 7.45. The van der Waals surface area contributed by atoms with Crippen LogP contribution < -0.4 is 24.7 Å². The van der Waals surface area contributed by atoms with Crippen LogP contribution in [-0.4, -0.2) is 31.5 Å². The van der Waals surface area contributed by atoms with Gasteiger partial charge in [0.15, 0.2) is 11.5 Å². The number of allylic oxidation sites excluding steroid dienone is 1. The van der Waals surface area contributed by atoms with Gasteiger partial charge in [-0.2, -0.15) is 5.26 Å². The van der Waals surface area contributed by atoms with Crippen LogP contribution in [0.4, 0.5) is 4.39 Å². The number of hydrogen-bond acceptors (Lipinski definition) is 8. The number of rotatable bonds is 8. The maximum Gasteiger partial charge on any atom is 0.244 e. The molecule has 3 aromatic rings. The Bertz CT molecular complexity index is 1240. The van der Waals surface area contributed by atoms with E-state index in [9.17, 15) is 9.65 Å². The average Bonchev–Trinajstić information content (AvgIpc) is 3.24. The van der Waals surface area contributed by atoms with Crippen molar-refractivity contribution < 1.29 is 28.1 Å². The predicted molar refractivity (Wildman–Crippen MR) is 119 cm³/mol. The molecule has 1 aliphatic heterocycles. The molecule has 1 aromatic heterocycles. The summed E-state index contributed by atoms with van der Waals surface area (Å²) < 4.78 is 41.2. The lowest BCUT2D eigenvalue weighted by atomic mass is 9.83. The van der Waals surface area contributed by atoms with E-state index in [0.29, 0.717) is 34.1 Å². The quantitative estimate of drug-likeness (QED) is 0.517. The SMILES string of the molecule is COCc1[nH]nc2c1C(c1cc(OC)c(OCc3ccc(F)cc3)c(OC)c1)C(C#N)=C(N)O2. The lowest BCUT2D eigenvalue weighted by molar-refractivity contribution is 0.180. The number of benzene rings is 2.